The highest BCUT2D eigenvalue weighted by Gasteiger charge is 2.26. The fourth-order valence-electron chi connectivity index (χ4n) is 4.03. The maximum absolute atomic E-state index is 11.3. The van der Waals surface area contributed by atoms with Crippen molar-refractivity contribution in [3.05, 3.63) is 36.8 Å². The fraction of sp³-hybridized carbons (Fsp3) is 0.455. The molecule has 0 amide bonds. The van der Waals surface area contributed by atoms with E-state index in [9.17, 15) is 13.2 Å². The van der Waals surface area contributed by atoms with Crippen LogP contribution in [0.15, 0.2) is 36.8 Å². The van der Waals surface area contributed by atoms with E-state index in [1.165, 1.54) is 6.26 Å². The number of nitrogens with one attached hydrogen (secondary N) is 1. The lowest BCUT2D eigenvalue weighted by Crippen LogP contribution is -2.29. The van der Waals surface area contributed by atoms with Gasteiger partial charge in [-0.2, -0.15) is 0 Å². The first kappa shape index (κ1) is 23.0. The highest BCUT2D eigenvalue weighted by molar-refractivity contribution is 7.90. The van der Waals surface area contributed by atoms with E-state index >= 15 is 0 Å². The number of pyridine rings is 1. The van der Waals surface area contributed by atoms with Crippen molar-refractivity contribution in [1.82, 2.24) is 19.4 Å². The summed E-state index contributed by atoms with van der Waals surface area (Å²) in [6.07, 6.45) is 9.69. The number of carbonyl (C=O) groups is 1. The first-order valence-corrected chi connectivity index (χ1v) is 13.0. The number of nitrogens with zero attached hydrogens (tertiary/aromatic N) is 4. The van der Waals surface area contributed by atoms with Crippen LogP contribution >= 0.6 is 0 Å². The lowest BCUT2D eigenvalue weighted by Gasteiger charge is -2.26. The van der Waals surface area contributed by atoms with Crippen LogP contribution in [0.5, 0.6) is 5.75 Å². The molecule has 11 heteroatoms. The van der Waals surface area contributed by atoms with Gasteiger partial charge in [0.1, 0.15) is 9.84 Å². The lowest BCUT2D eigenvalue weighted by molar-refractivity contribution is -0.142. The third-order valence-corrected chi connectivity index (χ3v) is 6.77. The van der Waals surface area contributed by atoms with Crippen LogP contribution in [0.25, 0.3) is 17.0 Å². The molecular formula is C22H27N5O5S. The minimum atomic E-state index is -3.02. The summed E-state index contributed by atoms with van der Waals surface area (Å²) in [5.41, 5.74) is 2.08. The first-order valence-electron chi connectivity index (χ1n) is 10.9. The average Bonchev–Trinajstić information content (AvgIpc) is 3.22. The zero-order chi connectivity index (χ0) is 23.4. The van der Waals surface area contributed by atoms with Gasteiger partial charge in [-0.3, -0.25) is 9.20 Å². The quantitative estimate of drug-likeness (QED) is 0.449. The molecule has 0 aromatic carbocycles. The van der Waals surface area contributed by atoms with Crippen LogP contribution in [-0.2, 0) is 14.6 Å². The molecule has 4 rings (SSSR count). The molecule has 0 saturated heterocycles. The Bertz CT molecular complexity index is 1230. The number of hydrogen-bond acceptors (Lipinski definition) is 8. The summed E-state index contributed by atoms with van der Waals surface area (Å²) < 4.78 is 30.2. The molecule has 0 spiro atoms. The zero-order valence-electron chi connectivity index (χ0n) is 18.3. The number of imidazole rings is 1. The predicted octanol–water partition coefficient (Wildman–Crippen LogP) is 2.66. The summed E-state index contributed by atoms with van der Waals surface area (Å²) in [4.78, 5) is 24.6. The van der Waals surface area contributed by atoms with Gasteiger partial charge in [0.25, 0.3) is 0 Å². The van der Waals surface area contributed by atoms with Crippen molar-refractivity contribution < 1.29 is 23.1 Å². The SMILES string of the molecule is CS(=O)(=O)CCCOc1cccn2c(-c3ccnc(NC4CCC(C(=O)O)CC4)n3)cnc12. The van der Waals surface area contributed by atoms with Gasteiger partial charge in [-0.1, -0.05) is 0 Å². The third-order valence-electron chi connectivity index (χ3n) is 5.74. The Morgan fingerprint density at radius 2 is 2.03 bits per heavy atom. The van der Waals surface area contributed by atoms with Gasteiger partial charge in [0, 0.05) is 24.7 Å². The van der Waals surface area contributed by atoms with Gasteiger partial charge >= 0.3 is 5.97 Å². The molecule has 2 N–H and O–H groups in total. The fourth-order valence-corrected chi connectivity index (χ4v) is 4.67. The Kier molecular flexibility index (Phi) is 6.77. The number of carboxylic acid groups (broad SMARTS) is 1. The number of rotatable bonds is 9. The monoisotopic (exact) mass is 473 g/mol. The van der Waals surface area contributed by atoms with Crippen molar-refractivity contribution in [2.24, 2.45) is 5.92 Å². The van der Waals surface area contributed by atoms with Gasteiger partial charge in [0.15, 0.2) is 11.4 Å². The van der Waals surface area contributed by atoms with Crippen LogP contribution in [0, 0.1) is 5.92 Å². The van der Waals surface area contributed by atoms with E-state index in [-0.39, 0.29) is 24.3 Å². The standard InChI is InChI=1S/C22H27N5O5S/c1-33(30,31)13-3-12-32-19-4-2-11-27-18(14-24-20(19)27)17-9-10-23-22(26-17)25-16-7-5-15(6-8-16)21(28)29/h2,4,9-11,14-16H,3,5-8,12-13H2,1H3,(H,28,29)(H,23,25,26). The summed E-state index contributed by atoms with van der Waals surface area (Å²) >= 11 is 0. The number of aliphatic carboxylic acids is 1. The van der Waals surface area contributed by atoms with Crippen LogP contribution in [-0.4, -0.2) is 63.5 Å². The van der Waals surface area contributed by atoms with Crippen LogP contribution in [0.3, 0.4) is 0 Å². The summed E-state index contributed by atoms with van der Waals surface area (Å²) in [6, 6.07) is 5.58. The van der Waals surface area contributed by atoms with E-state index in [4.69, 9.17) is 9.84 Å². The molecular weight excluding hydrogens is 446 g/mol. The average molecular weight is 474 g/mol. The Morgan fingerprint density at radius 3 is 2.76 bits per heavy atom. The molecule has 3 aromatic rings. The van der Waals surface area contributed by atoms with Crippen LogP contribution < -0.4 is 10.1 Å². The number of sulfone groups is 1. The van der Waals surface area contributed by atoms with Crippen molar-refractivity contribution in [1.29, 1.82) is 0 Å². The molecule has 0 aliphatic heterocycles. The van der Waals surface area contributed by atoms with Gasteiger partial charge in [-0.05, 0) is 50.3 Å². The van der Waals surface area contributed by atoms with E-state index in [0.717, 1.165) is 18.5 Å². The van der Waals surface area contributed by atoms with Gasteiger partial charge < -0.3 is 15.2 Å². The topological polar surface area (TPSA) is 136 Å². The van der Waals surface area contributed by atoms with Crippen molar-refractivity contribution in [3.8, 4) is 17.1 Å². The van der Waals surface area contributed by atoms with Crippen molar-refractivity contribution in [2.45, 2.75) is 38.1 Å². The van der Waals surface area contributed by atoms with E-state index in [2.05, 4.69) is 20.3 Å². The van der Waals surface area contributed by atoms with Gasteiger partial charge in [-0.25, -0.2) is 23.4 Å². The molecule has 3 aromatic heterocycles. The van der Waals surface area contributed by atoms with Gasteiger partial charge in [-0.15, -0.1) is 0 Å². The molecule has 0 unspecified atom stereocenters. The Labute approximate surface area is 192 Å². The Morgan fingerprint density at radius 1 is 1.24 bits per heavy atom. The second-order valence-corrected chi connectivity index (χ2v) is 10.6. The second kappa shape index (κ2) is 9.74. The molecule has 10 nitrogen and oxygen atoms in total. The van der Waals surface area contributed by atoms with Crippen LogP contribution in [0.1, 0.15) is 32.1 Å². The van der Waals surface area contributed by atoms with Crippen LogP contribution in [0.2, 0.25) is 0 Å². The Hall–Kier alpha value is -3.21. The summed E-state index contributed by atoms with van der Waals surface area (Å²) in [5, 5.41) is 12.5. The van der Waals surface area contributed by atoms with Crippen molar-refractivity contribution >= 4 is 27.4 Å². The maximum atomic E-state index is 11.3. The van der Waals surface area contributed by atoms with E-state index < -0.39 is 15.8 Å². The maximum Gasteiger partial charge on any atom is 0.306 e. The Balaban J connectivity index is 1.46. The first-order chi connectivity index (χ1) is 15.8. The largest absolute Gasteiger partial charge is 0.490 e. The molecule has 1 aliphatic rings. The molecule has 1 fully saturated rings. The lowest BCUT2D eigenvalue weighted by atomic mass is 9.86. The number of hydrogen-bond donors (Lipinski definition) is 2. The zero-order valence-corrected chi connectivity index (χ0v) is 19.2. The van der Waals surface area contributed by atoms with Crippen molar-refractivity contribution in [3.63, 3.8) is 0 Å². The van der Waals surface area contributed by atoms with Gasteiger partial charge in [0.05, 0.1) is 35.9 Å². The number of carboxylic acids is 1. The molecule has 0 radical (unpaired) electrons. The molecule has 1 aliphatic carbocycles. The summed E-state index contributed by atoms with van der Waals surface area (Å²) in [6.45, 7) is 0.278. The van der Waals surface area contributed by atoms with E-state index in [1.807, 2.05) is 16.7 Å². The number of ether oxygens (including phenoxy) is 1. The molecule has 0 atom stereocenters. The number of fused-ring (bicyclic) bond motifs is 1. The molecule has 0 bridgehead atoms. The van der Waals surface area contributed by atoms with E-state index in [0.29, 0.717) is 42.3 Å². The second-order valence-electron chi connectivity index (χ2n) is 8.34. The molecule has 176 valence electrons. The predicted molar refractivity (Wildman–Crippen MR) is 123 cm³/mol. The minimum Gasteiger partial charge on any atom is -0.490 e. The smallest absolute Gasteiger partial charge is 0.306 e. The molecule has 1 saturated carbocycles. The normalized spacial score (nSPS) is 18.8. The number of anilines is 1. The molecule has 33 heavy (non-hydrogen) atoms. The highest BCUT2D eigenvalue weighted by Crippen LogP contribution is 2.28. The third kappa shape index (κ3) is 5.78. The molecule has 3 heterocycles. The summed E-state index contributed by atoms with van der Waals surface area (Å²) in [5.74, 6) is 0.147. The number of aromatic nitrogens is 4. The minimum absolute atomic E-state index is 0.0739. The highest BCUT2D eigenvalue weighted by atomic mass is 32.2. The van der Waals surface area contributed by atoms with E-state index in [1.54, 1.807) is 24.5 Å². The van der Waals surface area contributed by atoms with Crippen LogP contribution in [0.4, 0.5) is 5.95 Å². The summed E-state index contributed by atoms with van der Waals surface area (Å²) in [7, 11) is -3.02. The van der Waals surface area contributed by atoms with Gasteiger partial charge in [0.2, 0.25) is 5.95 Å². The van der Waals surface area contributed by atoms with Crippen molar-refractivity contribution in [2.75, 3.05) is 23.9 Å².